The second-order valence-corrected chi connectivity index (χ2v) is 5.22. The summed E-state index contributed by atoms with van der Waals surface area (Å²) < 4.78 is 5.56. The van der Waals surface area contributed by atoms with Crippen LogP contribution in [0.3, 0.4) is 0 Å². The molecule has 0 aromatic heterocycles. The Hall–Kier alpha value is -1.75. The molecule has 0 saturated carbocycles. The van der Waals surface area contributed by atoms with Gasteiger partial charge in [0.15, 0.2) is 0 Å². The first-order valence-electron chi connectivity index (χ1n) is 8.13. The van der Waals surface area contributed by atoms with Crippen LogP contribution in [0.1, 0.15) is 33.1 Å². The second kappa shape index (κ2) is 10.9. The molecule has 0 fully saturated rings. The van der Waals surface area contributed by atoms with E-state index in [1.807, 2.05) is 18.2 Å². The molecule has 0 spiro atoms. The minimum Gasteiger partial charge on any atom is -0.491 e. The Balaban J connectivity index is 2.05. The third-order valence-electron chi connectivity index (χ3n) is 3.59. The molecule has 1 rings (SSSR count). The van der Waals surface area contributed by atoms with E-state index in [-0.39, 0.29) is 5.91 Å². The highest BCUT2D eigenvalue weighted by Crippen LogP contribution is 2.19. The fraction of sp³-hybridized carbons (Fsp3) is 0.588. The van der Waals surface area contributed by atoms with E-state index >= 15 is 0 Å². The first kappa shape index (κ1) is 18.3. The van der Waals surface area contributed by atoms with E-state index in [9.17, 15) is 4.79 Å². The molecule has 5 nitrogen and oxygen atoms in total. The van der Waals surface area contributed by atoms with E-state index in [0.29, 0.717) is 30.9 Å². The summed E-state index contributed by atoms with van der Waals surface area (Å²) in [5, 5.41) is 2.95. The molecule has 124 valence electrons. The first-order valence-corrected chi connectivity index (χ1v) is 8.13. The maximum absolute atomic E-state index is 11.7. The second-order valence-electron chi connectivity index (χ2n) is 5.22. The predicted molar refractivity (Wildman–Crippen MR) is 91.0 cm³/mol. The van der Waals surface area contributed by atoms with E-state index in [1.165, 1.54) is 0 Å². The molecule has 1 amide bonds. The molecular weight excluding hydrogens is 278 g/mol. The van der Waals surface area contributed by atoms with Crippen molar-refractivity contribution in [1.29, 1.82) is 0 Å². The van der Waals surface area contributed by atoms with Gasteiger partial charge >= 0.3 is 0 Å². The Kier molecular flexibility index (Phi) is 9.07. The van der Waals surface area contributed by atoms with Crippen molar-refractivity contribution < 1.29 is 9.53 Å². The number of carbonyl (C=O) groups excluding carboxylic acids is 1. The maximum Gasteiger partial charge on any atom is 0.220 e. The molecule has 0 saturated heterocycles. The van der Waals surface area contributed by atoms with Crippen LogP contribution < -0.4 is 15.8 Å². The molecule has 22 heavy (non-hydrogen) atoms. The number of para-hydroxylation sites is 2. The Bertz CT molecular complexity index is 434. The van der Waals surface area contributed by atoms with Crippen LogP contribution in [0.2, 0.25) is 0 Å². The number of amides is 1. The summed E-state index contributed by atoms with van der Waals surface area (Å²) in [5.74, 6) is 0.770. The molecule has 0 radical (unpaired) electrons. The molecule has 3 N–H and O–H groups in total. The molecule has 0 aliphatic rings. The van der Waals surface area contributed by atoms with Crippen molar-refractivity contribution in [1.82, 2.24) is 10.2 Å². The van der Waals surface area contributed by atoms with Crippen molar-refractivity contribution >= 4 is 11.6 Å². The van der Waals surface area contributed by atoms with Gasteiger partial charge in [-0.1, -0.05) is 26.0 Å². The van der Waals surface area contributed by atoms with Gasteiger partial charge in [0.2, 0.25) is 5.91 Å². The minimum absolute atomic E-state index is 0.0872. The maximum atomic E-state index is 11.7. The van der Waals surface area contributed by atoms with Crippen molar-refractivity contribution in [3.05, 3.63) is 24.3 Å². The lowest BCUT2D eigenvalue weighted by molar-refractivity contribution is -0.121. The Morgan fingerprint density at radius 3 is 2.64 bits per heavy atom. The SMILES string of the molecule is CCN(CC)CCCNC(=O)CCCOc1ccccc1N. The fourth-order valence-corrected chi connectivity index (χ4v) is 2.19. The van der Waals surface area contributed by atoms with Crippen LogP contribution in [0.15, 0.2) is 24.3 Å². The van der Waals surface area contributed by atoms with Crippen LogP contribution >= 0.6 is 0 Å². The van der Waals surface area contributed by atoms with Gasteiger partial charge in [0.1, 0.15) is 5.75 Å². The number of ether oxygens (including phenoxy) is 1. The van der Waals surface area contributed by atoms with Gasteiger partial charge in [-0.25, -0.2) is 0 Å². The third-order valence-corrected chi connectivity index (χ3v) is 3.59. The zero-order chi connectivity index (χ0) is 16.2. The van der Waals surface area contributed by atoms with Gasteiger partial charge in [0, 0.05) is 13.0 Å². The molecule has 0 heterocycles. The van der Waals surface area contributed by atoms with Crippen LogP contribution in [-0.4, -0.2) is 43.6 Å². The number of rotatable bonds is 11. The fourth-order valence-electron chi connectivity index (χ4n) is 2.19. The van der Waals surface area contributed by atoms with E-state index in [1.54, 1.807) is 6.07 Å². The lowest BCUT2D eigenvalue weighted by Crippen LogP contribution is -2.29. The number of nitrogens with two attached hydrogens (primary N) is 1. The van der Waals surface area contributed by atoms with Gasteiger partial charge in [0.25, 0.3) is 0 Å². The molecule has 0 aliphatic carbocycles. The van der Waals surface area contributed by atoms with E-state index in [0.717, 1.165) is 32.6 Å². The summed E-state index contributed by atoms with van der Waals surface area (Å²) in [4.78, 5) is 14.1. The van der Waals surface area contributed by atoms with Gasteiger partial charge in [-0.2, -0.15) is 0 Å². The lowest BCUT2D eigenvalue weighted by atomic mass is 10.3. The molecule has 1 aromatic carbocycles. The topological polar surface area (TPSA) is 67.6 Å². The Morgan fingerprint density at radius 1 is 1.23 bits per heavy atom. The van der Waals surface area contributed by atoms with Crippen LogP contribution in [0, 0.1) is 0 Å². The van der Waals surface area contributed by atoms with Crippen LogP contribution in [0.5, 0.6) is 5.75 Å². The zero-order valence-corrected chi connectivity index (χ0v) is 13.8. The van der Waals surface area contributed by atoms with Gasteiger partial charge < -0.3 is 20.7 Å². The third kappa shape index (κ3) is 7.31. The zero-order valence-electron chi connectivity index (χ0n) is 13.8. The number of hydrogen-bond acceptors (Lipinski definition) is 4. The summed E-state index contributed by atoms with van der Waals surface area (Å²) >= 11 is 0. The smallest absolute Gasteiger partial charge is 0.220 e. The molecule has 0 bridgehead atoms. The molecule has 0 unspecified atom stereocenters. The van der Waals surface area contributed by atoms with E-state index in [4.69, 9.17) is 10.5 Å². The van der Waals surface area contributed by atoms with Crippen LogP contribution in [-0.2, 0) is 4.79 Å². The minimum atomic E-state index is 0.0872. The van der Waals surface area contributed by atoms with E-state index < -0.39 is 0 Å². The number of carbonyl (C=O) groups is 1. The van der Waals surface area contributed by atoms with Crippen molar-refractivity contribution in [2.75, 3.05) is 38.5 Å². The van der Waals surface area contributed by atoms with Crippen molar-refractivity contribution in [3.8, 4) is 5.75 Å². The summed E-state index contributed by atoms with van der Waals surface area (Å²) in [5.41, 5.74) is 6.41. The average molecular weight is 307 g/mol. The first-order chi connectivity index (χ1) is 10.7. The quantitative estimate of drug-likeness (QED) is 0.486. The summed E-state index contributed by atoms with van der Waals surface area (Å²) in [6.45, 7) is 8.70. The number of benzene rings is 1. The van der Waals surface area contributed by atoms with Gasteiger partial charge in [-0.05, 0) is 44.6 Å². The van der Waals surface area contributed by atoms with Crippen molar-refractivity contribution in [2.45, 2.75) is 33.1 Å². The van der Waals surface area contributed by atoms with Gasteiger partial charge in [0.05, 0.1) is 12.3 Å². The standard InChI is InChI=1S/C17H29N3O2/c1-3-20(4-2)13-8-12-19-17(21)11-7-14-22-16-10-6-5-9-15(16)18/h5-6,9-10H,3-4,7-8,11-14,18H2,1-2H3,(H,19,21). The molecular formula is C17H29N3O2. The highest BCUT2D eigenvalue weighted by molar-refractivity contribution is 5.75. The number of anilines is 1. The highest BCUT2D eigenvalue weighted by Gasteiger charge is 2.03. The van der Waals surface area contributed by atoms with Crippen LogP contribution in [0.25, 0.3) is 0 Å². The number of nitrogens with one attached hydrogen (secondary N) is 1. The predicted octanol–water partition coefficient (Wildman–Crippen LogP) is 2.28. The average Bonchev–Trinajstić information content (AvgIpc) is 2.53. The Labute approximate surface area is 133 Å². The monoisotopic (exact) mass is 307 g/mol. The normalized spacial score (nSPS) is 10.7. The van der Waals surface area contributed by atoms with Crippen molar-refractivity contribution in [3.63, 3.8) is 0 Å². The Morgan fingerprint density at radius 2 is 1.95 bits per heavy atom. The van der Waals surface area contributed by atoms with E-state index in [2.05, 4.69) is 24.1 Å². The van der Waals surface area contributed by atoms with Crippen molar-refractivity contribution in [2.24, 2.45) is 0 Å². The number of nitrogen functional groups attached to an aromatic ring is 1. The molecule has 1 aromatic rings. The molecule has 0 aliphatic heterocycles. The number of hydrogen-bond donors (Lipinski definition) is 2. The number of nitrogens with zero attached hydrogens (tertiary/aromatic N) is 1. The van der Waals surface area contributed by atoms with Gasteiger partial charge in [-0.15, -0.1) is 0 Å². The largest absolute Gasteiger partial charge is 0.491 e. The molecule has 0 atom stereocenters. The summed E-state index contributed by atoms with van der Waals surface area (Å²) in [7, 11) is 0. The highest BCUT2D eigenvalue weighted by atomic mass is 16.5. The molecule has 5 heteroatoms. The van der Waals surface area contributed by atoms with Gasteiger partial charge in [-0.3, -0.25) is 4.79 Å². The van der Waals surface area contributed by atoms with Crippen LogP contribution in [0.4, 0.5) is 5.69 Å². The summed E-state index contributed by atoms with van der Waals surface area (Å²) in [6.07, 6.45) is 2.17. The lowest BCUT2D eigenvalue weighted by Gasteiger charge is -2.17. The summed E-state index contributed by atoms with van der Waals surface area (Å²) in [6, 6.07) is 7.39.